The Morgan fingerprint density at radius 2 is 1.21 bits per heavy atom. The summed E-state index contributed by atoms with van der Waals surface area (Å²) in [5, 5.41) is 11.3. The van der Waals surface area contributed by atoms with Gasteiger partial charge in [-0.3, -0.25) is 10.2 Å². The van der Waals surface area contributed by atoms with Crippen molar-refractivity contribution in [1.82, 2.24) is 10.9 Å². The van der Waals surface area contributed by atoms with Gasteiger partial charge in [-0.05, 0) is 30.0 Å². The van der Waals surface area contributed by atoms with E-state index in [0.717, 1.165) is 17.5 Å². The molecule has 3 rings (SSSR count). The van der Waals surface area contributed by atoms with Crippen LogP contribution in [0.4, 0.5) is 0 Å². The van der Waals surface area contributed by atoms with Gasteiger partial charge in [0.25, 0.3) is 5.91 Å². The molecule has 150 valence electrons. The van der Waals surface area contributed by atoms with Gasteiger partial charge in [-0.2, -0.15) is 0 Å². The maximum Gasteiger partial charge on any atom is 0.266 e. The first-order chi connectivity index (χ1) is 14.0. The van der Waals surface area contributed by atoms with Crippen molar-refractivity contribution in [1.29, 1.82) is 0 Å². The Morgan fingerprint density at radius 3 is 1.66 bits per heavy atom. The largest absolute Gasteiger partial charge is 0.379 e. The first-order valence-corrected chi connectivity index (χ1v) is 9.95. The van der Waals surface area contributed by atoms with Crippen LogP contribution in [-0.2, 0) is 24.1 Å². The fourth-order valence-corrected chi connectivity index (χ4v) is 3.41. The molecule has 1 amide bonds. The van der Waals surface area contributed by atoms with Crippen LogP contribution in [0.5, 0.6) is 0 Å². The van der Waals surface area contributed by atoms with Crippen molar-refractivity contribution in [3.8, 4) is 0 Å². The molecule has 3 aromatic rings. The van der Waals surface area contributed by atoms with E-state index in [-0.39, 0.29) is 18.9 Å². The molecule has 0 radical (unpaired) electrons. The average Bonchev–Trinajstić information content (AvgIpc) is 2.74. The van der Waals surface area contributed by atoms with Crippen molar-refractivity contribution in [2.45, 2.75) is 37.8 Å². The standard InChI is InChI=1S/C25H28N2O2/c1-20(17-21-11-5-2-6-12-21)26-27-24(28)25(29,18-22-13-7-3-8-14-22)19-23-15-9-4-10-16-23/h2-16,20,26,29H,17-19H2,1H3,(H,27,28)/t20-/m0/s1. The number of aliphatic hydroxyl groups is 1. The summed E-state index contributed by atoms with van der Waals surface area (Å²) in [4.78, 5) is 13.0. The van der Waals surface area contributed by atoms with Crippen LogP contribution in [0.15, 0.2) is 91.0 Å². The SMILES string of the molecule is C[C@@H](Cc1ccccc1)NNC(=O)C(O)(Cc1ccccc1)Cc1ccccc1. The molecule has 0 aliphatic rings. The zero-order valence-corrected chi connectivity index (χ0v) is 16.7. The molecule has 0 aliphatic heterocycles. The first-order valence-electron chi connectivity index (χ1n) is 9.95. The highest BCUT2D eigenvalue weighted by molar-refractivity contribution is 5.85. The second-order valence-corrected chi connectivity index (χ2v) is 7.55. The normalized spacial score (nSPS) is 12.3. The monoisotopic (exact) mass is 388 g/mol. The van der Waals surface area contributed by atoms with Gasteiger partial charge in [-0.15, -0.1) is 0 Å². The molecule has 3 N–H and O–H groups in total. The van der Waals surface area contributed by atoms with E-state index in [2.05, 4.69) is 23.0 Å². The van der Waals surface area contributed by atoms with Crippen LogP contribution in [0, 0.1) is 0 Å². The fraction of sp³-hybridized carbons (Fsp3) is 0.240. The summed E-state index contributed by atoms with van der Waals surface area (Å²) in [5.74, 6) is -0.426. The average molecular weight is 389 g/mol. The van der Waals surface area contributed by atoms with Gasteiger partial charge in [0.1, 0.15) is 0 Å². The lowest BCUT2D eigenvalue weighted by Crippen LogP contribution is -2.56. The van der Waals surface area contributed by atoms with E-state index in [9.17, 15) is 9.90 Å². The summed E-state index contributed by atoms with van der Waals surface area (Å²) >= 11 is 0. The molecule has 0 fully saturated rings. The van der Waals surface area contributed by atoms with E-state index in [0.29, 0.717) is 0 Å². The fourth-order valence-electron chi connectivity index (χ4n) is 3.41. The zero-order chi connectivity index (χ0) is 20.5. The van der Waals surface area contributed by atoms with E-state index in [1.54, 1.807) is 0 Å². The van der Waals surface area contributed by atoms with Crippen molar-refractivity contribution < 1.29 is 9.90 Å². The molecule has 0 unspecified atom stereocenters. The highest BCUT2D eigenvalue weighted by Gasteiger charge is 2.36. The maximum absolute atomic E-state index is 13.0. The molecule has 0 saturated heterocycles. The number of amides is 1. The van der Waals surface area contributed by atoms with Crippen LogP contribution in [0.1, 0.15) is 23.6 Å². The van der Waals surface area contributed by atoms with Gasteiger partial charge in [-0.1, -0.05) is 91.0 Å². The molecule has 0 aliphatic carbocycles. The van der Waals surface area contributed by atoms with Crippen molar-refractivity contribution >= 4 is 5.91 Å². The van der Waals surface area contributed by atoms with Gasteiger partial charge in [0.15, 0.2) is 5.60 Å². The van der Waals surface area contributed by atoms with Crippen molar-refractivity contribution in [2.24, 2.45) is 0 Å². The molecule has 4 nitrogen and oxygen atoms in total. The molecule has 0 aromatic heterocycles. The number of hydrazine groups is 1. The van der Waals surface area contributed by atoms with Gasteiger partial charge in [-0.25, -0.2) is 5.43 Å². The lowest BCUT2D eigenvalue weighted by atomic mass is 9.87. The summed E-state index contributed by atoms with van der Waals surface area (Å²) in [6.07, 6.45) is 1.25. The highest BCUT2D eigenvalue weighted by Crippen LogP contribution is 2.20. The highest BCUT2D eigenvalue weighted by atomic mass is 16.3. The second-order valence-electron chi connectivity index (χ2n) is 7.55. The van der Waals surface area contributed by atoms with Crippen molar-refractivity contribution in [2.75, 3.05) is 0 Å². The first kappa shape index (κ1) is 20.8. The minimum atomic E-state index is -1.55. The topological polar surface area (TPSA) is 61.4 Å². The van der Waals surface area contributed by atoms with E-state index in [4.69, 9.17) is 0 Å². The third-order valence-electron chi connectivity index (χ3n) is 4.92. The number of nitrogens with one attached hydrogen (secondary N) is 2. The predicted molar refractivity (Wildman–Crippen MR) is 116 cm³/mol. The van der Waals surface area contributed by atoms with Crippen LogP contribution in [0.2, 0.25) is 0 Å². The third kappa shape index (κ3) is 6.28. The van der Waals surface area contributed by atoms with Gasteiger partial charge < -0.3 is 5.11 Å². The third-order valence-corrected chi connectivity index (χ3v) is 4.92. The Balaban J connectivity index is 1.68. The summed E-state index contributed by atoms with van der Waals surface area (Å²) in [6.45, 7) is 2.00. The second kappa shape index (κ2) is 10.0. The van der Waals surface area contributed by atoms with E-state index >= 15 is 0 Å². The maximum atomic E-state index is 13.0. The quantitative estimate of drug-likeness (QED) is 0.492. The van der Waals surface area contributed by atoms with Crippen LogP contribution < -0.4 is 10.9 Å². The molecule has 0 heterocycles. The number of carbonyl (C=O) groups is 1. The minimum Gasteiger partial charge on any atom is -0.379 e. The Kier molecular flexibility index (Phi) is 7.17. The van der Waals surface area contributed by atoms with Gasteiger partial charge in [0, 0.05) is 18.9 Å². The number of carbonyl (C=O) groups excluding carboxylic acids is 1. The molecular weight excluding hydrogens is 360 g/mol. The van der Waals surface area contributed by atoms with Crippen molar-refractivity contribution in [3.05, 3.63) is 108 Å². The Morgan fingerprint density at radius 1 is 0.793 bits per heavy atom. The van der Waals surface area contributed by atoms with Crippen LogP contribution in [0.25, 0.3) is 0 Å². The molecule has 3 aromatic carbocycles. The van der Waals surface area contributed by atoms with E-state index in [1.807, 2.05) is 85.8 Å². The van der Waals surface area contributed by atoms with Crippen LogP contribution in [-0.4, -0.2) is 22.7 Å². The summed E-state index contributed by atoms with van der Waals surface area (Å²) < 4.78 is 0. The Hall–Kier alpha value is -2.95. The Labute approximate surface area is 172 Å². The molecule has 1 atom stereocenters. The van der Waals surface area contributed by atoms with E-state index < -0.39 is 11.5 Å². The molecule has 4 heteroatoms. The van der Waals surface area contributed by atoms with Gasteiger partial charge >= 0.3 is 0 Å². The molecule has 0 saturated carbocycles. The summed E-state index contributed by atoms with van der Waals surface area (Å²) in [5.41, 5.74) is 7.26. The zero-order valence-electron chi connectivity index (χ0n) is 16.7. The number of rotatable bonds is 9. The van der Waals surface area contributed by atoms with Gasteiger partial charge in [0.05, 0.1) is 0 Å². The minimum absolute atomic E-state index is 0.0269. The number of hydrogen-bond donors (Lipinski definition) is 3. The van der Waals surface area contributed by atoms with Crippen molar-refractivity contribution in [3.63, 3.8) is 0 Å². The summed E-state index contributed by atoms with van der Waals surface area (Å²) in [6, 6.07) is 29.3. The molecular formula is C25H28N2O2. The lowest BCUT2D eigenvalue weighted by Gasteiger charge is -2.28. The smallest absolute Gasteiger partial charge is 0.266 e. The lowest BCUT2D eigenvalue weighted by molar-refractivity contribution is -0.141. The van der Waals surface area contributed by atoms with Crippen LogP contribution >= 0.6 is 0 Å². The molecule has 29 heavy (non-hydrogen) atoms. The van der Waals surface area contributed by atoms with E-state index in [1.165, 1.54) is 5.56 Å². The molecule has 0 spiro atoms. The summed E-state index contributed by atoms with van der Waals surface area (Å²) in [7, 11) is 0. The molecule has 0 bridgehead atoms. The van der Waals surface area contributed by atoms with Gasteiger partial charge in [0.2, 0.25) is 0 Å². The van der Waals surface area contributed by atoms with Crippen LogP contribution in [0.3, 0.4) is 0 Å². The number of benzene rings is 3. The Bertz CT molecular complexity index is 841. The predicted octanol–water partition coefficient (Wildman–Crippen LogP) is 3.45. The number of hydrogen-bond acceptors (Lipinski definition) is 3.